The van der Waals surface area contributed by atoms with E-state index in [0.29, 0.717) is 0 Å². The van der Waals surface area contributed by atoms with Crippen LogP contribution in [-0.2, 0) is 50.6 Å². The molecule has 15 nitrogen and oxygen atoms in total. The van der Waals surface area contributed by atoms with Crippen LogP contribution in [0.25, 0.3) is 10.8 Å². The highest BCUT2D eigenvalue weighted by Gasteiger charge is 2.34. The second-order valence-electron chi connectivity index (χ2n) is 5.42. The molecule has 2 aromatic rings. The summed E-state index contributed by atoms with van der Waals surface area (Å²) in [5.74, 6) is 0. The summed E-state index contributed by atoms with van der Waals surface area (Å²) in [6.45, 7) is 0. The maximum absolute atomic E-state index is 11.7. The molecule has 0 aliphatic rings. The Labute approximate surface area is 168 Å². The van der Waals surface area contributed by atoms with Gasteiger partial charge in [0.2, 0.25) is 0 Å². The lowest BCUT2D eigenvalue weighted by Gasteiger charge is -2.14. The van der Waals surface area contributed by atoms with Gasteiger partial charge in [0.15, 0.2) is 0 Å². The van der Waals surface area contributed by atoms with Crippen molar-refractivity contribution in [2.45, 2.75) is 24.5 Å². The van der Waals surface area contributed by atoms with Gasteiger partial charge in [-0.3, -0.25) is 22.8 Å². The second-order valence-corrected chi connectivity index (χ2v) is 12.3. The Morgan fingerprint density at radius 3 is 1.03 bits per heavy atom. The first-order chi connectivity index (χ1) is 13.1. The molecule has 30 heavy (non-hydrogen) atoms. The molecule has 0 saturated carbocycles. The normalized spacial score (nSPS) is 14.2. The molecule has 0 aliphatic heterocycles. The van der Waals surface area contributed by atoms with Crippen molar-refractivity contribution in [1.82, 2.24) is 0 Å². The maximum Gasteiger partial charge on any atom is 0.296 e. The summed E-state index contributed by atoms with van der Waals surface area (Å²) in [6, 6.07) is -0.309. The summed E-state index contributed by atoms with van der Waals surface area (Å²) in [4.78, 5) is -8.67. The van der Waals surface area contributed by atoms with Gasteiger partial charge in [-0.2, -0.15) is 42.1 Å². The first-order valence-electron chi connectivity index (χ1n) is 6.58. The molecular formula is C10H8O15S5. The van der Waals surface area contributed by atoms with Crippen molar-refractivity contribution in [3.8, 4) is 0 Å². The number of rotatable bonds is 5. The van der Waals surface area contributed by atoms with Gasteiger partial charge in [0.25, 0.3) is 50.6 Å². The molecule has 0 fully saturated rings. The molecule has 0 aliphatic carbocycles. The van der Waals surface area contributed by atoms with E-state index in [2.05, 4.69) is 0 Å². The first kappa shape index (κ1) is 24.5. The summed E-state index contributed by atoms with van der Waals surface area (Å²) < 4.78 is 162. The van der Waals surface area contributed by atoms with Crippen molar-refractivity contribution in [1.29, 1.82) is 0 Å². The van der Waals surface area contributed by atoms with Crippen molar-refractivity contribution in [2.24, 2.45) is 0 Å². The summed E-state index contributed by atoms with van der Waals surface area (Å²) in [6.07, 6.45) is 0. The lowest BCUT2D eigenvalue weighted by Crippen LogP contribution is -2.14. The van der Waals surface area contributed by atoms with E-state index in [1.807, 2.05) is 0 Å². The molecule has 20 heteroatoms. The molecule has 0 unspecified atom stereocenters. The van der Waals surface area contributed by atoms with E-state index < -0.39 is 85.8 Å². The van der Waals surface area contributed by atoms with Gasteiger partial charge >= 0.3 is 0 Å². The predicted molar refractivity (Wildman–Crippen MR) is 93.0 cm³/mol. The molecule has 0 radical (unpaired) electrons. The van der Waals surface area contributed by atoms with Crippen LogP contribution < -0.4 is 0 Å². The lowest BCUT2D eigenvalue weighted by molar-refractivity contribution is 0.465. The lowest BCUT2D eigenvalue weighted by atomic mass is 10.1. The smallest absolute Gasteiger partial charge is 0.282 e. The second kappa shape index (κ2) is 6.88. The van der Waals surface area contributed by atoms with Gasteiger partial charge in [-0.05, 0) is 18.2 Å². The molecule has 0 saturated heterocycles. The van der Waals surface area contributed by atoms with Crippen LogP contribution in [0.15, 0.2) is 42.7 Å². The standard InChI is InChI=1S/C10H8O15S5/c11-26(12,13)6-3-9(29(20,21)22)10(30(23,24)25)5-2-8(28(17,18)19)7(1-4(5)6)27(14,15)16/h1-3H,(H,11,12,13)(H,14,15,16)(H,17,18,19)(H,20,21,22)(H,23,24,25). The highest BCUT2D eigenvalue weighted by Crippen LogP contribution is 2.38. The molecule has 2 rings (SSSR count). The Balaban J connectivity index is 3.54. The molecule has 0 spiro atoms. The van der Waals surface area contributed by atoms with Gasteiger partial charge in [0, 0.05) is 10.8 Å². The Morgan fingerprint density at radius 2 is 0.733 bits per heavy atom. The summed E-state index contributed by atoms with van der Waals surface area (Å²) in [5.41, 5.74) is 0. The minimum absolute atomic E-state index is 0.0284. The van der Waals surface area contributed by atoms with Crippen molar-refractivity contribution < 1.29 is 64.9 Å². The van der Waals surface area contributed by atoms with E-state index in [9.17, 15) is 64.9 Å². The van der Waals surface area contributed by atoms with Gasteiger partial charge in [0.05, 0.1) is 0 Å². The first-order valence-corrected chi connectivity index (χ1v) is 13.8. The van der Waals surface area contributed by atoms with E-state index in [1.165, 1.54) is 0 Å². The number of hydrogen-bond donors (Lipinski definition) is 5. The van der Waals surface area contributed by atoms with Crippen LogP contribution in [0.3, 0.4) is 0 Å². The molecule has 5 N–H and O–H groups in total. The molecule has 2 aromatic carbocycles. The molecule has 168 valence electrons. The van der Waals surface area contributed by atoms with E-state index in [-0.39, 0.29) is 18.2 Å². The average Bonchev–Trinajstić information content (AvgIpc) is 2.47. The van der Waals surface area contributed by atoms with Crippen LogP contribution in [0.2, 0.25) is 0 Å². The third kappa shape index (κ3) is 4.61. The zero-order valence-corrected chi connectivity index (χ0v) is 17.7. The molecule has 0 heterocycles. The fourth-order valence-electron chi connectivity index (χ4n) is 2.42. The average molecular weight is 528 g/mol. The third-order valence-corrected chi connectivity index (χ3v) is 8.22. The molecule has 0 aromatic heterocycles. The van der Waals surface area contributed by atoms with Crippen LogP contribution in [0.4, 0.5) is 0 Å². The fraction of sp³-hybridized carbons (Fsp3) is 0. The van der Waals surface area contributed by atoms with Crippen molar-refractivity contribution >= 4 is 61.4 Å². The van der Waals surface area contributed by atoms with Crippen LogP contribution in [-0.4, -0.2) is 64.9 Å². The van der Waals surface area contributed by atoms with Crippen LogP contribution in [0, 0.1) is 0 Å². The van der Waals surface area contributed by atoms with Gasteiger partial charge in [-0.15, -0.1) is 0 Å². The van der Waals surface area contributed by atoms with Crippen molar-refractivity contribution in [3.63, 3.8) is 0 Å². The van der Waals surface area contributed by atoms with Gasteiger partial charge in [-0.25, -0.2) is 0 Å². The molecule has 0 amide bonds. The van der Waals surface area contributed by atoms with E-state index in [4.69, 9.17) is 0 Å². The van der Waals surface area contributed by atoms with Gasteiger partial charge in [-0.1, -0.05) is 0 Å². The van der Waals surface area contributed by atoms with Gasteiger partial charge < -0.3 is 0 Å². The molecule has 0 bridgehead atoms. The van der Waals surface area contributed by atoms with Crippen LogP contribution in [0.5, 0.6) is 0 Å². The predicted octanol–water partition coefficient (Wildman–Crippen LogP) is -0.927. The largest absolute Gasteiger partial charge is 0.296 e. The van der Waals surface area contributed by atoms with Crippen molar-refractivity contribution in [3.05, 3.63) is 18.2 Å². The third-order valence-electron chi connectivity index (χ3n) is 3.45. The molecule has 0 atom stereocenters. The van der Waals surface area contributed by atoms with E-state index in [1.54, 1.807) is 0 Å². The maximum atomic E-state index is 11.7. The Morgan fingerprint density at radius 1 is 0.400 bits per heavy atom. The monoisotopic (exact) mass is 528 g/mol. The Hall–Kier alpha value is -1.75. The molecular weight excluding hydrogens is 520 g/mol. The number of fused-ring (bicyclic) bond motifs is 1. The van der Waals surface area contributed by atoms with E-state index in [0.717, 1.165) is 0 Å². The summed E-state index contributed by atoms with van der Waals surface area (Å²) in [7, 11) is -28.1. The fourth-order valence-corrected chi connectivity index (χ4v) is 7.00. The minimum atomic E-state index is -5.72. The highest BCUT2D eigenvalue weighted by atomic mass is 32.2. The topological polar surface area (TPSA) is 272 Å². The zero-order chi connectivity index (χ0) is 23.7. The van der Waals surface area contributed by atoms with E-state index >= 15 is 0 Å². The van der Waals surface area contributed by atoms with Crippen LogP contribution in [0.1, 0.15) is 0 Å². The Kier molecular flexibility index (Phi) is 5.62. The Bertz CT molecular complexity index is 1630. The minimum Gasteiger partial charge on any atom is -0.282 e. The summed E-state index contributed by atoms with van der Waals surface area (Å²) in [5, 5.41) is -2.60. The van der Waals surface area contributed by atoms with Crippen LogP contribution >= 0.6 is 0 Å². The number of benzene rings is 2. The summed E-state index contributed by atoms with van der Waals surface area (Å²) >= 11 is 0. The van der Waals surface area contributed by atoms with Gasteiger partial charge in [0.1, 0.15) is 24.5 Å². The number of hydrogen-bond acceptors (Lipinski definition) is 10. The highest BCUT2D eigenvalue weighted by molar-refractivity contribution is 7.90. The SMILES string of the molecule is O=S(=O)(O)c1cc2c(S(=O)(=O)O)cc(S(=O)(=O)O)c(S(=O)(=O)O)c2cc1S(=O)(=O)O. The quantitative estimate of drug-likeness (QED) is 0.293. The zero-order valence-electron chi connectivity index (χ0n) is 13.6. The van der Waals surface area contributed by atoms with Crippen molar-refractivity contribution in [2.75, 3.05) is 0 Å².